The van der Waals surface area contributed by atoms with E-state index in [-0.39, 0.29) is 17.9 Å². The quantitative estimate of drug-likeness (QED) is 0.312. The highest BCUT2D eigenvalue weighted by Gasteiger charge is 2.50. The molecule has 1 fully saturated rings. The van der Waals surface area contributed by atoms with Gasteiger partial charge >= 0.3 is 5.97 Å². The lowest BCUT2D eigenvalue weighted by atomic mass is 9.90. The van der Waals surface area contributed by atoms with Gasteiger partial charge in [-0.25, -0.2) is 22.6 Å². The lowest BCUT2D eigenvalue weighted by Gasteiger charge is -2.43. The Kier molecular flexibility index (Phi) is 8.11. The molecule has 0 saturated carbocycles. The van der Waals surface area contributed by atoms with Crippen LogP contribution in [-0.4, -0.2) is 78.5 Å². The molecule has 2 aromatic carbocycles. The van der Waals surface area contributed by atoms with Crippen LogP contribution in [0.1, 0.15) is 11.6 Å². The monoisotopic (exact) mass is 543 g/mol. The fourth-order valence-electron chi connectivity index (χ4n) is 4.02. The van der Waals surface area contributed by atoms with Gasteiger partial charge in [-0.1, -0.05) is 28.9 Å². The summed E-state index contributed by atoms with van der Waals surface area (Å²) in [4.78, 5) is 12.0. The molecule has 3 aromatic rings. The molecule has 4 unspecified atom stereocenters. The highest BCUT2D eigenvalue weighted by molar-refractivity contribution is 6.30. The van der Waals surface area contributed by atoms with Gasteiger partial charge in [0.25, 0.3) is 0 Å². The summed E-state index contributed by atoms with van der Waals surface area (Å²) in [7, 11) is 0. The van der Waals surface area contributed by atoms with E-state index < -0.39 is 66.6 Å². The average molecular weight is 544 g/mol. The molecule has 10 nitrogen and oxygen atoms in total. The molecule has 0 radical (unpaired) electrons. The van der Waals surface area contributed by atoms with Crippen LogP contribution in [0.15, 0.2) is 42.6 Å². The van der Waals surface area contributed by atoms with E-state index in [1.807, 2.05) is 0 Å². The second kappa shape index (κ2) is 11.1. The van der Waals surface area contributed by atoms with Crippen molar-refractivity contribution in [1.82, 2.24) is 15.0 Å². The van der Waals surface area contributed by atoms with Crippen molar-refractivity contribution in [2.24, 2.45) is 0 Å². The maximum atomic E-state index is 13.7. The Hall–Kier alpha value is -3.07. The fourth-order valence-corrected chi connectivity index (χ4v) is 4.15. The topological polar surface area (TPSA) is 147 Å². The highest BCUT2D eigenvalue weighted by atomic mass is 35.5. The smallest absolute Gasteiger partial charge is 0.335 e. The summed E-state index contributed by atoms with van der Waals surface area (Å²) in [6.07, 6.45) is -6.90. The number of carboxylic acids is 1. The number of halogens is 4. The predicted octanol–water partition coefficient (Wildman–Crippen LogP) is 1.71. The minimum atomic E-state index is -1.75. The number of nitrogens with zero attached hydrogens (tertiary/aromatic N) is 3. The van der Waals surface area contributed by atoms with Crippen molar-refractivity contribution in [3.8, 4) is 11.3 Å². The van der Waals surface area contributed by atoms with Gasteiger partial charge in [-0.15, -0.1) is 5.10 Å². The first-order valence-corrected chi connectivity index (χ1v) is 11.3. The summed E-state index contributed by atoms with van der Waals surface area (Å²) in [6.45, 7) is -0.937. The van der Waals surface area contributed by atoms with Crippen LogP contribution in [0, 0.1) is 17.5 Å². The molecule has 4 rings (SSSR count). The minimum absolute atomic E-state index is 0.130. The van der Waals surface area contributed by atoms with Gasteiger partial charge in [0.1, 0.15) is 36.2 Å². The normalized spacial score (nSPS) is 24.7. The average Bonchev–Trinajstić information content (AvgIpc) is 3.34. The summed E-state index contributed by atoms with van der Waals surface area (Å²) < 4.78 is 52.6. The van der Waals surface area contributed by atoms with Gasteiger partial charge in [0.15, 0.2) is 23.6 Å². The fraction of sp³-hybridized carbons (Fsp3) is 0.348. The molecule has 0 aliphatic carbocycles. The van der Waals surface area contributed by atoms with Gasteiger partial charge in [0.05, 0.1) is 19.4 Å². The third-order valence-electron chi connectivity index (χ3n) is 5.91. The van der Waals surface area contributed by atoms with Crippen molar-refractivity contribution in [1.29, 1.82) is 0 Å². The third kappa shape index (κ3) is 5.61. The summed E-state index contributed by atoms with van der Waals surface area (Å²) in [5.74, 6) is -6.07. The summed E-state index contributed by atoms with van der Waals surface area (Å²) >= 11 is 5.85. The summed E-state index contributed by atoms with van der Waals surface area (Å²) in [5, 5.41) is 49.3. The van der Waals surface area contributed by atoms with Gasteiger partial charge in [0, 0.05) is 10.6 Å². The summed E-state index contributed by atoms with van der Waals surface area (Å²) in [6, 6.07) is 6.35. The molecule has 14 heteroatoms. The van der Waals surface area contributed by atoms with E-state index in [1.165, 1.54) is 0 Å². The number of ether oxygens (including phenoxy) is 2. The Bertz CT molecular complexity index is 1240. The van der Waals surface area contributed by atoms with Crippen LogP contribution in [0.3, 0.4) is 0 Å². The van der Waals surface area contributed by atoms with Crippen LogP contribution in [0.4, 0.5) is 13.2 Å². The molecule has 2 heterocycles. The Morgan fingerprint density at radius 1 is 1.14 bits per heavy atom. The van der Waals surface area contributed by atoms with Crippen molar-refractivity contribution in [2.45, 2.75) is 43.2 Å². The molecular formula is C23H21ClF3N3O7. The zero-order chi connectivity index (χ0) is 26.9. The molecular weight excluding hydrogens is 523 g/mol. The molecule has 37 heavy (non-hydrogen) atoms. The molecule has 1 aliphatic rings. The Balaban J connectivity index is 1.61. The van der Waals surface area contributed by atoms with Crippen LogP contribution in [0.2, 0.25) is 5.02 Å². The molecule has 4 N–H and O–H groups in total. The molecule has 0 bridgehead atoms. The second-order valence-corrected chi connectivity index (χ2v) is 8.76. The predicted molar refractivity (Wildman–Crippen MR) is 120 cm³/mol. The first-order valence-electron chi connectivity index (χ1n) is 10.9. The van der Waals surface area contributed by atoms with Crippen LogP contribution in [-0.2, 0) is 20.9 Å². The molecule has 0 spiro atoms. The lowest BCUT2D eigenvalue weighted by molar-refractivity contribution is -0.238. The van der Waals surface area contributed by atoms with Crippen molar-refractivity contribution in [2.75, 3.05) is 6.61 Å². The highest BCUT2D eigenvalue weighted by Crippen LogP contribution is 2.33. The third-order valence-corrected chi connectivity index (χ3v) is 6.16. The Morgan fingerprint density at radius 3 is 2.38 bits per heavy atom. The zero-order valence-corrected chi connectivity index (χ0v) is 19.5. The number of benzene rings is 2. The molecule has 6 atom stereocenters. The standard InChI is InChI=1S/C23H21ClF3N3O7/c24-12-3-1-10(2-4-12)9-36-22(23(34)35)21-20(33)18(19(32)16(8-31)37-21)30-7-15(28-29-30)11-5-13(25)17(27)14(26)6-11/h1-7,16,18-22,31-33H,8-9H2,(H,34,35)/t16?,18?,19-,20?,21?,22-/m0/s1. The lowest BCUT2D eigenvalue weighted by Crippen LogP contribution is -2.60. The first kappa shape index (κ1) is 27.0. The number of aliphatic hydroxyl groups is 3. The van der Waals surface area contributed by atoms with E-state index in [4.69, 9.17) is 21.1 Å². The van der Waals surface area contributed by atoms with E-state index in [2.05, 4.69) is 10.3 Å². The van der Waals surface area contributed by atoms with E-state index in [9.17, 15) is 38.4 Å². The van der Waals surface area contributed by atoms with Crippen LogP contribution >= 0.6 is 11.6 Å². The maximum Gasteiger partial charge on any atom is 0.335 e. The van der Waals surface area contributed by atoms with E-state index in [0.717, 1.165) is 10.9 Å². The van der Waals surface area contributed by atoms with Crippen molar-refractivity contribution in [3.05, 3.63) is 70.6 Å². The molecule has 1 aliphatic heterocycles. The SMILES string of the molecule is O=C(O)[C@@H](OCc1ccc(Cl)cc1)C1OC(CO)[C@H](O)C(n2cc(-c3cc(F)c(F)c(F)c3)nn2)C1O. The van der Waals surface area contributed by atoms with Crippen molar-refractivity contribution in [3.63, 3.8) is 0 Å². The molecule has 0 amide bonds. The molecule has 1 saturated heterocycles. The number of hydrogen-bond donors (Lipinski definition) is 4. The van der Waals surface area contributed by atoms with Gasteiger partial charge in [0.2, 0.25) is 0 Å². The number of aliphatic carboxylic acids is 1. The number of hydrogen-bond acceptors (Lipinski definition) is 8. The number of aliphatic hydroxyl groups excluding tert-OH is 3. The zero-order valence-electron chi connectivity index (χ0n) is 18.8. The van der Waals surface area contributed by atoms with Crippen LogP contribution < -0.4 is 0 Å². The van der Waals surface area contributed by atoms with E-state index >= 15 is 0 Å². The maximum absolute atomic E-state index is 13.7. The Morgan fingerprint density at radius 2 is 1.78 bits per heavy atom. The van der Waals surface area contributed by atoms with Gasteiger partial charge in [-0.3, -0.25) is 0 Å². The second-order valence-electron chi connectivity index (χ2n) is 8.33. The largest absolute Gasteiger partial charge is 0.479 e. The van der Waals surface area contributed by atoms with Crippen LogP contribution in [0.25, 0.3) is 11.3 Å². The van der Waals surface area contributed by atoms with Gasteiger partial charge in [-0.2, -0.15) is 0 Å². The van der Waals surface area contributed by atoms with Gasteiger partial charge < -0.3 is 29.9 Å². The van der Waals surface area contributed by atoms with E-state index in [1.54, 1.807) is 24.3 Å². The Labute approximate surface area is 212 Å². The number of carbonyl (C=O) groups is 1. The molecule has 1 aromatic heterocycles. The summed E-state index contributed by atoms with van der Waals surface area (Å²) in [5.41, 5.74) is 0.272. The number of rotatable bonds is 8. The van der Waals surface area contributed by atoms with Gasteiger partial charge in [-0.05, 0) is 29.8 Å². The number of aromatic nitrogens is 3. The number of carboxylic acid groups (broad SMARTS) is 1. The van der Waals surface area contributed by atoms with Crippen molar-refractivity contribution >= 4 is 17.6 Å². The minimum Gasteiger partial charge on any atom is -0.479 e. The first-order chi connectivity index (χ1) is 17.6. The van der Waals surface area contributed by atoms with Crippen LogP contribution in [0.5, 0.6) is 0 Å². The molecule has 198 valence electrons. The van der Waals surface area contributed by atoms with E-state index in [0.29, 0.717) is 22.7 Å². The van der Waals surface area contributed by atoms with Crippen molar-refractivity contribution < 1.29 is 47.9 Å².